The van der Waals surface area contributed by atoms with Gasteiger partial charge < -0.3 is 9.80 Å². The zero-order chi connectivity index (χ0) is 56.8. The van der Waals surface area contributed by atoms with Gasteiger partial charge in [0, 0.05) is 33.1 Å². The second kappa shape index (κ2) is 19.1. The Morgan fingerprint density at radius 1 is 0.580 bits per heavy atom. The monoisotopic (exact) mass is 1080 g/mol. The Bertz CT molecular complexity index is 3850. The Balaban J connectivity index is 1.17. The maximum Gasteiger partial charge on any atom is 0.249 e. The summed E-state index contributed by atoms with van der Waals surface area (Å²) in [6, 6.07) is 55.9. The van der Waals surface area contributed by atoms with Crippen molar-refractivity contribution < 1.29 is 0 Å². The molecule has 1 atom stereocenters. The Morgan fingerprint density at radius 3 is 1.79 bits per heavy atom. The molecular formula is C77H85BN2S. The molecule has 0 saturated heterocycles. The van der Waals surface area contributed by atoms with Gasteiger partial charge in [-0.05, 0) is 222 Å². The van der Waals surface area contributed by atoms with Crippen LogP contribution in [-0.4, -0.2) is 6.71 Å². The van der Waals surface area contributed by atoms with E-state index in [1.54, 1.807) is 11.1 Å². The fourth-order valence-corrected chi connectivity index (χ4v) is 16.3. The van der Waals surface area contributed by atoms with Crippen LogP contribution in [0.2, 0.25) is 0 Å². The van der Waals surface area contributed by atoms with E-state index in [9.17, 15) is 0 Å². The second-order valence-corrected chi connectivity index (χ2v) is 30.8. The van der Waals surface area contributed by atoms with Crippen molar-refractivity contribution in [1.82, 2.24) is 0 Å². The standard InChI is InChI=1S/C77H85BN2S/c1-72(2,3)53-32-34-57(35-33-53)80-67-44-58(79(55-26-20-16-21-27-55)56-28-22-17-23-29-56)42-52-41-51(40-50-30-31-54(73(4,5)6)43-59(50)49-24-18-15-19-25-49)60-45-62-64(76(11,12)38-36-74(62,7)8)47-66(60)78(69(52)67)70-61-46-63-65(48-68(61)81-71(70)80)77(13,14)39-37-75(63,9)10/h15-16,18-22,24-35,42-48,51H,17,23,36-41H2,1-14H3. The summed E-state index contributed by atoms with van der Waals surface area (Å²) >= 11 is 2.04. The maximum absolute atomic E-state index is 2.80. The van der Waals surface area contributed by atoms with Gasteiger partial charge in [0.15, 0.2) is 0 Å². The topological polar surface area (TPSA) is 6.48 Å². The van der Waals surface area contributed by atoms with Crippen LogP contribution in [0.1, 0.15) is 191 Å². The number of nitrogens with zero attached hydrogens (tertiary/aromatic N) is 2. The number of rotatable bonds is 7. The summed E-state index contributed by atoms with van der Waals surface area (Å²) in [6.45, 7) is 34.3. The summed E-state index contributed by atoms with van der Waals surface area (Å²) in [5.74, 6) is 0.193. The number of anilines is 5. The summed E-state index contributed by atoms with van der Waals surface area (Å²) in [5, 5.41) is 2.80. The first-order valence-electron chi connectivity index (χ1n) is 30.7. The third-order valence-corrected chi connectivity index (χ3v) is 21.4. The third-order valence-electron chi connectivity index (χ3n) is 20.2. The van der Waals surface area contributed by atoms with Gasteiger partial charge in [-0.2, -0.15) is 0 Å². The van der Waals surface area contributed by atoms with Gasteiger partial charge in [-0.25, -0.2) is 0 Å². The number of para-hydroxylation sites is 1. The van der Waals surface area contributed by atoms with Gasteiger partial charge in [-0.15, -0.1) is 11.3 Å². The minimum absolute atomic E-state index is 0.0117. The summed E-state index contributed by atoms with van der Waals surface area (Å²) in [7, 11) is 0. The predicted octanol–water partition coefficient (Wildman–Crippen LogP) is 19.4. The quantitative estimate of drug-likeness (QED) is 0.147. The molecule has 5 aliphatic rings. The smallest absolute Gasteiger partial charge is 0.249 e. The lowest BCUT2D eigenvalue weighted by Crippen LogP contribution is -2.58. The van der Waals surface area contributed by atoms with E-state index in [1.807, 2.05) is 11.3 Å². The molecule has 0 fully saturated rings. The number of fused-ring (bicyclic) bond motifs is 8. The van der Waals surface area contributed by atoms with Crippen molar-refractivity contribution in [3.8, 4) is 11.1 Å². The largest absolute Gasteiger partial charge is 0.311 e. The number of hydrogen-bond donors (Lipinski definition) is 0. The molecule has 2 aliphatic heterocycles. The van der Waals surface area contributed by atoms with Crippen molar-refractivity contribution in [1.29, 1.82) is 0 Å². The molecule has 0 radical (unpaired) electrons. The predicted molar refractivity (Wildman–Crippen MR) is 353 cm³/mol. The van der Waals surface area contributed by atoms with Crippen LogP contribution < -0.4 is 26.2 Å². The molecule has 1 unspecified atom stereocenters. The Morgan fingerprint density at radius 2 is 1.17 bits per heavy atom. The van der Waals surface area contributed by atoms with E-state index in [2.05, 4.69) is 264 Å². The van der Waals surface area contributed by atoms with Gasteiger partial charge in [0.05, 0.1) is 5.00 Å². The number of benzene rings is 7. The highest BCUT2D eigenvalue weighted by Crippen LogP contribution is 2.53. The molecule has 81 heavy (non-hydrogen) atoms. The molecule has 13 rings (SSSR count). The SMILES string of the molecule is CC(C)(C)c1ccc(N2c3cc(N(C4=CCCC=C4)c4ccccc4)cc4c3B(c3cc5c(cc3C(Cc3ccc(C(C)(C)C)cc3-c3ccccc3)C4)C(C)(C)CCC5(C)C)c3c2sc2cc4c(cc32)C(C)(C)CCC4(C)C)cc1. The van der Waals surface area contributed by atoms with Gasteiger partial charge in [-0.1, -0.05) is 206 Å². The fourth-order valence-electron chi connectivity index (χ4n) is 15.0. The van der Waals surface area contributed by atoms with E-state index in [4.69, 9.17) is 0 Å². The molecule has 8 aromatic rings. The Labute approximate surface area is 490 Å². The summed E-state index contributed by atoms with van der Waals surface area (Å²) < 4.78 is 1.41. The van der Waals surface area contributed by atoms with Crippen LogP contribution in [0.5, 0.6) is 0 Å². The molecule has 0 saturated carbocycles. The first-order chi connectivity index (χ1) is 38.4. The molecular weight excluding hydrogens is 996 g/mol. The first kappa shape index (κ1) is 53.9. The van der Waals surface area contributed by atoms with E-state index >= 15 is 0 Å². The average Bonchev–Trinajstić information content (AvgIpc) is 3.41. The highest BCUT2D eigenvalue weighted by Gasteiger charge is 2.48. The minimum atomic E-state index is 0.0117. The van der Waals surface area contributed by atoms with Gasteiger partial charge in [0.2, 0.25) is 6.71 Å². The zero-order valence-electron chi connectivity index (χ0n) is 51.1. The van der Waals surface area contributed by atoms with Gasteiger partial charge in [-0.3, -0.25) is 0 Å². The lowest BCUT2D eigenvalue weighted by molar-refractivity contribution is 0.331. The zero-order valence-corrected chi connectivity index (χ0v) is 51.9. The second-order valence-electron chi connectivity index (χ2n) is 29.8. The van der Waals surface area contributed by atoms with Crippen molar-refractivity contribution in [3.63, 3.8) is 0 Å². The Kier molecular flexibility index (Phi) is 12.7. The van der Waals surface area contributed by atoms with E-state index in [0.29, 0.717) is 0 Å². The van der Waals surface area contributed by atoms with Crippen molar-refractivity contribution in [2.45, 2.75) is 187 Å². The lowest BCUT2D eigenvalue weighted by Gasteiger charge is -2.43. The van der Waals surface area contributed by atoms with Crippen LogP contribution in [0.4, 0.5) is 27.8 Å². The highest BCUT2D eigenvalue weighted by molar-refractivity contribution is 7.26. The van der Waals surface area contributed by atoms with Gasteiger partial charge >= 0.3 is 0 Å². The molecule has 0 bridgehead atoms. The number of allylic oxidation sites excluding steroid dienone is 3. The van der Waals surface area contributed by atoms with Crippen LogP contribution in [-0.2, 0) is 45.3 Å². The third kappa shape index (κ3) is 9.21. The normalized spacial score (nSPS) is 19.2. The summed E-state index contributed by atoms with van der Waals surface area (Å²) in [5.41, 5.74) is 26.9. The molecule has 7 aromatic carbocycles. The molecule has 0 N–H and O–H groups in total. The maximum atomic E-state index is 2.80. The van der Waals surface area contributed by atoms with Crippen molar-refractivity contribution in [2.24, 2.45) is 0 Å². The van der Waals surface area contributed by atoms with E-state index < -0.39 is 0 Å². The van der Waals surface area contributed by atoms with E-state index in [0.717, 1.165) is 25.7 Å². The minimum Gasteiger partial charge on any atom is -0.311 e. The molecule has 3 heterocycles. The van der Waals surface area contributed by atoms with Crippen LogP contribution in [0, 0.1) is 0 Å². The highest BCUT2D eigenvalue weighted by atomic mass is 32.1. The van der Waals surface area contributed by atoms with Crippen LogP contribution in [0.15, 0.2) is 163 Å². The van der Waals surface area contributed by atoms with Crippen molar-refractivity contribution in [2.75, 3.05) is 9.80 Å². The molecule has 1 aromatic heterocycles. The number of thiophene rings is 1. The van der Waals surface area contributed by atoms with E-state index in [-0.39, 0.29) is 45.1 Å². The average molecular weight is 1080 g/mol. The van der Waals surface area contributed by atoms with Crippen molar-refractivity contribution >= 4 is 72.3 Å². The molecule has 0 amide bonds. The lowest BCUT2D eigenvalue weighted by atomic mass is 9.34. The van der Waals surface area contributed by atoms with Crippen LogP contribution in [0.25, 0.3) is 21.2 Å². The number of hydrogen-bond acceptors (Lipinski definition) is 3. The summed E-state index contributed by atoms with van der Waals surface area (Å²) in [4.78, 5) is 5.30. The first-order valence-corrected chi connectivity index (χ1v) is 31.5. The molecule has 412 valence electrons. The summed E-state index contributed by atoms with van der Waals surface area (Å²) in [6.07, 6.45) is 15.9. The molecule has 0 spiro atoms. The van der Waals surface area contributed by atoms with E-state index in [1.165, 1.54) is 136 Å². The van der Waals surface area contributed by atoms with Crippen molar-refractivity contribution in [3.05, 3.63) is 214 Å². The fraction of sp³-hybridized carbons (Fsp3) is 0.377. The van der Waals surface area contributed by atoms with Gasteiger partial charge in [0.25, 0.3) is 0 Å². The Hall–Kier alpha value is -6.36. The van der Waals surface area contributed by atoms with Gasteiger partial charge in [0.1, 0.15) is 0 Å². The van der Waals surface area contributed by atoms with Crippen LogP contribution >= 0.6 is 11.3 Å². The molecule has 4 heteroatoms. The molecule has 2 nitrogen and oxygen atoms in total. The molecule has 3 aliphatic carbocycles. The van der Waals surface area contributed by atoms with Crippen LogP contribution in [0.3, 0.4) is 0 Å².